The predicted octanol–water partition coefficient (Wildman–Crippen LogP) is 2.01. The van der Waals surface area contributed by atoms with Crippen LogP contribution in [-0.2, 0) is 11.2 Å². The lowest BCUT2D eigenvalue weighted by Crippen LogP contribution is -2.41. The summed E-state index contributed by atoms with van der Waals surface area (Å²) in [5.74, 6) is 0.684. The monoisotopic (exact) mass is 280 g/mol. The molecule has 19 heavy (non-hydrogen) atoms. The Morgan fingerprint density at radius 2 is 2.16 bits per heavy atom. The summed E-state index contributed by atoms with van der Waals surface area (Å²) in [5.41, 5.74) is 2.88. The van der Waals surface area contributed by atoms with Gasteiger partial charge >= 0.3 is 0 Å². The van der Waals surface area contributed by atoms with E-state index in [4.69, 9.17) is 0 Å². The maximum Gasteiger partial charge on any atom is 0.237 e. The molecule has 2 aliphatic rings. The normalized spacial score (nSPS) is 24.6. The van der Waals surface area contributed by atoms with Crippen molar-refractivity contribution in [1.82, 2.24) is 10.6 Å². The molecule has 1 fully saturated rings. The average Bonchev–Trinajstić information content (AvgIpc) is 3.06. The van der Waals surface area contributed by atoms with Crippen molar-refractivity contribution in [1.29, 1.82) is 0 Å². The van der Waals surface area contributed by atoms with Crippen LogP contribution in [0.2, 0.25) is 0 Å². The summed E-state index contributed by atoms with van der Waals surface area (Å²) in [6, 6.07) is 8.64. The van der Waals surface area contributed by atoms with Gasteiger partial charge < -0.3 is 10.6 Å². The molecule has 0 aromatic heterocycles. The second kappa shape index (κ2) is 6.40. The number of amides is 1. The SMILES string of the molecule is Cl.O=C(NCC1CCc2ccccc21)C1CCCN1. The lowest BCUT2D eigenvalue weighted by Gasteiger charge is -2.15. The number of hydrogen-bond donors (Lipinski definition) is 2. The lowest BCUT2D eigenvalue weighted by atomic mass is 10.0. The highest BCUT2D eigenvalue weighted by molar-refractivity contribution is 5.85. The molecular weight excluding hydrogens is 260 g/mol. The van der Waals surface area contributed by atoms with Gasteiger partial charge in [0.1, 0.15) is 0 Å². The number of rotatable bonds is 3. The molecule has 0 spiro atoms. The fourth-order valence-corrected chi connectivity index (χ4v) is 3.11. The molecule has 1 aromatic rings. The van der Waals surface area contributed by atoms with Crippen molar-refractivity contribution >= 4 is 18.3 Å². The minimum atomic E-state index is 0. The van der Waals surface area contributed by atoms with Crippen LogP contribution in [0.3, 0.4) is 0 Å². The number of aryl methyl sites for hydroxylation is 1. The molecule has 1 aliphatic heterocycles. The Kier molecular flexibility index (Phi) is 4.83. The molecular formula is C15H21ClN2O. The van der Waals surface area contributed by atoms with E-state index in [1.807, 2.05) is 0 Å². The molecule has 1 aliphatic carbocycles. The van der Waals surface area contributed by atoms with Gasteiger partial charge in [-0.25, -0.2) is 0 Å². The number of benzene rings is 1. The van der Waals surface area contributed by atoms with Crippen molar-refractivity contribution < 1.29 is 4.79 Å². The maximum atomic E-state index is 11.9. The van der Waals surface area contributed by atoms with Crippen LogP contribution in [-0.4, -0.2) is 25.0 Å². The molecule has 2 N–H and O–H groups in total. The highest BCUT2D eigenvalue weighted by Gasteiger charge is 2.25. The Hall–Kier alpha value is -1.06. The van der Waals surface area contributed by atoms with E-state index < -0.39 is 0 Å². The molecule has 3 nitrogen and oxygen atoms in total. The van der Waals surface area contributed by atoms with Crippen molar-refractivity contribution in [3.63, 3.8) is 0 Å². The Morgan fingerprint density at radius 1 is 1.32 bits per heavy atom. The molecule has 3 rings (SSSR count). The summed E-state index contributed by atoms with van der Waals surface area (Å²) in [5, 5.41) is 6.34. The summed E-state index contributed by atoms with van der Waals surface area (Å²) >= 11 is 0. The Labute approximate surface area is 120 Å². The molecule has 1 heterocycles. The number of hydrogen-bond acceptors (Lipinski definition) is 2. The standard InChI is InChI=1S/C15H20N2O.ClH/c18-15(14-6-3-9-16-14)17-10-12-8-7-11-4-1-2-5-13(11)12;/h1-2,4-5,12,14,16H,3,6-10H2,(H,17,18);1H. The second-order valence-electron chi connectivity index (χ2n) is 5.33. The number of nitrogens with one attached hydrogen (secondary N) is 2. The van der Waals surface area contributed by atoms with Crippen LogP contribution in [0.15, 0.2) is 24.3 Å². The van der Waals surface area contributed by atoms with Gasteiger partial charge in [0, 0.05) is 12.5 Å². The van der Waals surface area contributed by atoms with Crippen LogP contribution in [0, 0.1) is 0 Å². The van der Waals surface area contributed by atoms with Gasteiger partial charge in [-0.15, -0.1) is 12.4 Å². The molecule has 2 atom stereocenters. The minimum absolute atomic E-state index is 0. The van der Waals surface area contributed by atoms with E-state index in [9.17, 15) is 4.79 Å². The van der Waals surface area contributed by atoms with E-state index in [1.165, 1.54) is 11.1 Å². The fraction of sp³-hybridized carbons (Fsp3) is 0.533. The highest BCUT2D eigenvalue weighted by atomic mass is 35.5. The van der Waals surface area contributed by atoms with Crippen molar-refractivity contribution in [2.75, 3.05) is 13.1 Å². The van der Waals surface area contributed by atoms with Gasteiger partial charge in [0.2, 0.25) is 5.91 Å². The predicted molar refractivity (Wildman–Crippen MR) is 78.8 cm³/mol. The number of halogens is 1. The number of carbonyl (C=O) groups excluding carboxylic acids is 1. The highest BCUT2D eigenvalue weighted by Crippen LogP contribution is 2.32. The number of carbonyl (C=O) groups is 1. The third kappa shape index (κ3) is 3.10. The molecule has 1 aromatic carbocycles. The lowest BCUT2D eigenvalue weighted by molar-refractivity contribution is -0.122. The van der Waals surface area contributed by atoms with E-state index in [2.05, 4.69) is 34.9 Å². The van der Waals surface area contributed by atoms with Gasteiger partial charge in [-0.2, -0.15) is 0 Å². The van der Waals surface area contributed by atoms with Gasteiger partial charge in [-0.05, 0) is 43.4 Å². The second-order valence-corrected chi connectivity index (χ2v) is 5.33. The zero-order chi connectivity index (χ0) is 12.4. The first-order valence-electron chi connectivity index (χ1n) is 6.93. The molecule has 0 bridgehead atoms. The van der Waals surface area contributed by atoms with E-state index in [0.29, 0.717) is 5.92 Å². The Balaban J connectivity index is 0.00000133. The van der Waals surface area contributed by atoms with Gasteiger partial charge in [0.05, 0.1) is 6.04 Å². The van der Waals surface area contributed by atoms with E-state index >= 15 is 0 Å². The molecule has 0 saturated carbocycles. The smallest absolute Gasteiger partial charge is 0.237 e. The van der Waals surface area contributed by atoms with Gasteiger partial charge in [-0.3, -0.25) is 4.79 Å². The topological polar surface area (TPSA) is 41.1 Å². The largest absolute Gasteiger partial charge is 0.354 e. The van der Waals surface area contributed by atoms with Crippen molar-refractivity contribution in [3.8, 4) is 0 Å². The zero-order valence-corrected chi connectivity index (χ0v) is 11.8. The maximum absolute atomic E-state index is 11.9. The third-order valence-electron chi connectivity index (χ3n) is 4.16. The van der Waals surface area contributed by atoms with Crippen LogP contribution in [0.25, 0.3) is 0 Å². The van der Waals surface area contributed by atoms with Crippen LogP contribution in [0.4, 0.5) is 0 Å². The quantitative estimate of drug-likeness (QED) is 0.889. The molecule has 4 heteroatoms. The van der Waals surface area contributed by atoms with Crippen LogP contribution >= 0.6 is 12.4 Å². The first kappa shape index (κ1) is 14.4. The van der Waals surface area contributed by atoms with Crippen LogP contribution in [0.1, 0.15) is 36.3 Å². The molecule has 104 valence electrons. The van der Waals surface area contributed by atoms with E-state index in [1.54, 1.807) is 0 Å². The van der Waals surface area contributed by atoms with Gasteiger partial charge in [-0.1, -0.05) is 24.3 Å². The van der Waals surface area contributed by atoms with E-state index in [0.717, 1.165) is 38.8 Å². The third-order valence-corrected chi connectivity index (χ3v) is 4.16. The summed E-state index contributed by atoms with van der Waals surface area (Å²) in [4.78, 5) is 11.9. The summed E-state index contributed by atoms with van der Waals surface area (Å²) in [6.07, 6.45) is 4.41. The molecule has 2 unspecified atom stereocenters. The van der Waals surface area contributed by atoms with Crippen LogP contribution in [0.5, 0.6) is 0 Å². The minimum Gasteiger partial charge on any atom is -0.354 e. The average molecular weight is 281 g/mol. The summed E-state index contributed by atoms with van der Waals surface area (Å²) in [6.45, 7) is 1.76. The first-order valence-corrected chi connectivity index (χ1v) is 6.93. The fourth-order valence-electron chi connectivity index (χ4n) is 3.11. The van der Waals surface area contributed by atoms with Gasteiger partial charge in [0.25, 0.3) is 0 Å². The van der Waals surface area contributed by atoms with Crippen LogP contribution < -0.4 is 10.6 Å². The van der Waals surface area contributed by atoms with Crippen molar-refractivity contribution in [3.05, 3.63) is 35.4 Å². The van der Waals surface area contributed by atoms with Crippen molar-refractivity contribution in [2.45, 2.75) is 37.6 Å². The Morgan fingerprint density at radius 3 is 2.95 bits per heavy atom. The van der Waals surface area contributed by atoms with E-state index in [-0.39, 0.29) is 24.4 Å². The summed E-state index contributed by atoms with van der Waals surface area (Å²) in [7, 11) is 0. The number of fused-ring (bicyclic) bond motifs is 1. The molecule has 0 radical (unpaired) electrons. The Bertz CT molecular complexity index is 444. The summed E-state index contributed by atoms with van der Waals surface area (Å²) < 4.78 is 0. The van der Waals surface area contributed by atoms with Gasteiger partial charge in [0.15, 0.2) is 0 Å². The first-order chi connectivity index (χ1) is 8.84. The van der Waals surface area contributed by atoms with Crippen molar-refractivity contribution in [2.24, 2.45) is 0 Å². The molecule has 1 amide bonds. The molecule has 1 saturated heterocycles. The zero-order valence-electron chi connectivity index (χ0n) is 11.0.